The molecule has 0 fully saturated rings. The number of nitrogens with zero attached hydrogens (tertiary/aromatic N) is 1. The molecule has 0 saturated heterocycles. The van der Waals surface area contributed by atoms with Crippen molar-refractivity contribution in [1.29, 1.82) is 0 Å². The van der Waals surface area contributed by atoms with E-state index in [9.17, 15) is 0 Å². The van der Waals surface area contributed by atoms with Gasteiger partial charge in [0.15, 0.2) is 0 Å². The van der Waals surface area contributed by atoms with Gasteiger partial charge in [-0.3, -0.25) is 5.10 Å². The van der Waals surface area contributed by atoms with E-state index in [2.05, 4.69) is 22.4 Å². The van der Waals surface area contributed by atoms with Crippen LogP contribution in [-0.4, -0.2) is 15.2 Å². The average molecular weight is 127 g/mol. The predicted molar refractivity (Wildman–Crippen MR) is 34.5 cm³/mol. The lowest BCUT2D eigenvalue weighted by atomic mass is 10.4. The molecular weight excluding hydrogens is 122 g/mol. The molecule has 42 valence electrons. The van der Waals surface area contributed by atoms with Crippen LogP contribution in [-0.2, 0) is 0 Å². The summed E-state index contributed by atoms with van der Waals surface area (Å²) < 4.78 is 0. The smallest absolute Gasteiger partial charge is 0.122 e. The summed E-state index contributed by atoms with van der Waals surface area (Å²) in [4.78, 5) is 0.350. The number of aromatic nitrogens is 2. The van der Waals surface area contributed by atoms with Crippen molar-refractivity contribution in [1.82, 2.24) is 10.2 Å². The van der Waals surface area contributed by atoms with E-state index in [1.807, 2.05) is 0 Å². The monoisotopic (exact) mass is 127 g/mol. The lowest BCUT2D eigenvalue weighted by molar-refractivity contribution is 1.08. The molecule has 3 nitrogen and oxygen atoms in total. The van der Waals surface area contributed by atoms with E-state index in [1.165, 1.54) is 0 Å². The van der Waals surface area contributed by atoms with Crippen LogP contribution in [0.4, 0.5) is 0 Å². The molecule has 0 radical (unpaired) electrons. The van der Waals surface area contributed by atoms with Crippen LogP contribution in [0.2, 0.25) is 0 Å². The largest absolute Gasteiger partial charge is 0.388 e. The molecule has 1 rings (SSSR count). The Morgan fingerprint density at radius 2 is 2.62 bits per heavy atom. The third-order valence-corrected chi connectivity index (χ3v) is 0.986. The van der Waals surface area contributed by atoms with E-state index in [1.54, 1.807) is 12.3 Å². The molecule has 3 N–H and O–H groups in total. The summed E-state index contributed by atoms with van der Waals surface area (Å²) in [5.41, 5.74) is 5.93. The van der Waals surface area contributed by atoms with E-state index >= 15 is 0 Å². The van der Waals surface area contributed by atoms with Crippen molar-refractivity contribution in [3.8, 4) is 0 Å². The van der Waals surface area contributed by atoms with Gasteiger partial charge in [-0.2, -0.15) is 5.10 Å². The number of hydrogen-bond acceptors (Lipinski definition) is 2. The van der Waals surface area contributed by atoms with Crippen LogP contribution >= 0.6 is 12.2 Å². The zero-order chi connectivity index (χ0) is 5.98. The highest BCUT2D eigenvalue weighted by atomic mass is 32.1. The Morgan fingerprint density at radius 3 is 2.88 bits per heavy atom. The second-order valence-electron chi connectivity index (χ2n) is 1.33. The Kier molecular flexibility index (Phi) is 1.26. The van der Waals surface area contributed by atoms with Gasteiger partial charge in [0.2, 0.25) is 0 Å². The van der Waals surface area contributed by atoms with Gasteiger partial charge in [-0.15, -0.1) is 0 Å². The minimum atomic E-state index is 0.350. The van der Waals surface area contributed by atoms with Crippen LogP contribution in [0.15, 0.2) is 12.3 Å². The van der Waals surface area contributed by atoms with Gasteiger partial charge in [0.1, 0.15) is 4.99 Å². The van der Waals surface area contributed by atoms with Crippen LogP contribution in [0.5, 0.6) is 0 Å². The van der Waals surface area contributed by atoms with Crippen LogP contribution in [0.3, 0.4) is 0 Å². The van der Waals surface area contributed by atoms with Gasteiger partial charge in [0, 0.05) is 6.20 Å². The highest BCUT2D eigenvalue weighted by Crippen LogP contribution is 1.88. The minimum absolute atomic E-state index is 0.350. The lowest BCUT2D eigenvalue weighted by Crippen LogP contribution is -2.09. The first-order valence-electron chi connectivity index (χ1n) is 2.10. The molecule has 0 aliphatic carbocycles. The quantitative estimate of drug-likeness (QED) is 0.524. The number of hydrogen-bond donors (Lipinski definition) is 2. The molecule has 0 spiro atoms. The highest BCUT2D eigenvalue weighted by molar-refractivity contribution is 7.80. The Bertz CT molecular complexity index is 179. The van der Waals surface area contributed by atoms with Crippen LogP contribution in [0.25, 0.3) is 0 Å². The molecule has 4 heteroatoms. The minimum Gasteiger partial charge on any atom is -0.388 e. The van der Waals surface area contributed by atoms with E-state index in [0.717, 1.165) is 0 Å². The maximum absolute atomic E-state index is 5.22. The van der Waals surface area contributed by atoms with Gasteiger partial charge in [-0.25, -0.2) is 0 Å². The summed E-state index contributed by atoms with van der Waals surface area (Å²) in [7, 11) is 0. The Morgan fingerprint density at radius 1 is 1.88 bits per heavy atom. The molecular formula is C4H5N3S. The summed E-state index contributed by atoms with van der Waals surface area (Å²) in [6, 6.07) is 1.72. The molecule has 0 aliphatic heterocycles. The van der Waals surface area contributed by atoms with Gasteiger partial charge in [0.05, 0.1) is 5.69 Å². The SMILES string of the molecule is NC(=S)c1ccn[nH]1. The van der Waals surface area contributed by atoms with E-state index < -0.39 is 0 Å². The predicted octanol–water partition coefficient (Wildman–Crippen LogP) is 0.0439. The number of nitrogens with two attached hydrogens (primary N) is 1. The summed E-state index contributed by atoms with van der Waals surface area (Å²) in [5, 5.41) is 6.27. The normalized spacial score (nSPS) is 9.00. The van der Waals surface area contributed by atoms with E-state index in [0.29, 0.717) is 10.7 Å². The van der Waals surface area contributed by atoms with Crippen molar-refractivity contribution in [2.24, 2.45) is 5.73 Å². The first kappa shape index (κ1) is 5.24. The fraction of sp³-hybridized carbons (Fsp3) is 0. The molecule has 0 unspecified atom stereocenters. The number of H-pyrrole nitrogens is 1. The number of thiocarbonyl (C=S) groups is 1. The molecule has 1 aromatic heterocycles. The first-order chi connectivity index (χ1) is 3.80. The number of rotatable bonds is 1. The van der Waals surface area contributed by atoms with Crippen LogP contribution in [0.1, 0.15) is 5.69 Å². The van der Waals surface area contributed by atoms with Gasteiger partial charge in [0.25, 0.3) is 0 Å². The highest BCUT2D eigenvalue weighted by Gasteiger charge is 1.91. The maximum atomic E-state index is 5.22. The van der Waals surface area contributed by atoms with Crippen molar-refractivity contribution in [3.05, 3.63) is 18.0 Å². The van der Waals surface area contributed by atoms with Gasteiger partial charge < -0.3 is 5.73 Å². The Labute approximate surface area is 51.9 Å². The van der Waals surface area contributed by atoms with Gasteiger partial charge >= 0.3 is 0 Å². The topological polar surface area (TPSA) is 54.7 Å². The van der Waals surface area contributed by atoms with Crippen molar-refractivity contribution < 1.29 is 0 Å². The third kappa shape index (κ3) is 0.840. The average Bonchev–Trinajstić information content (AvgIpc) is 2.12. The third-order valence-electron chi connectivity index (χ3n) is 0.766. The van der Waals surface area contributed by atoms with Crippen molar-refractivity contribution in [2.45, 2.75) is 0 Å². The molecule has 1 heterocycles. The molecule has 0 atom stereocenters. The maximum Gasteiger partial charge on any atom is 0.122 e. The summed E-state index contributed by atoms with van der Waals surface area (Å²) in [6.07, 6.45) is 1.61. The lowest BCUT2D eigenvalue weighted by Gasteiger charge is -1.85. The molecule has 0 bridgehead atoms. The molecule has 1 aromatic rings. The van der Waals surface area contributed by atoms with Crippen LogP contribution in [0, 0.1) is 0 Å². The Balaban J connectivity index is 2.93. The second kappa shape index (κ2) is 1.92. The van der Waals surface area contributed by atoms with Crippen molar-refractivity contribution in [3.63, 3.8) is 0 Å². The zero-order valence-corrected chi connectivity index (χ0v) is 4.90. The van der Waals surface area contributed by atoms with Crippen molar-refractivity contribution in [2.75, 3.05) is 0 Å². The van der Waals surface area contributed by atoms with E-state index in [4.69, 9.17) is 5.73 Å². The Hall–Kier alpha value is -0.900. The zero-order valence-electron chi connectivity index (χ0n) is 4.09. The van der Waals surface area contributed by atoms with Gasteiger partial charge in [-0.05, 0) is 6.07 Å². The molecule has 0 amide bonds. The number of aromatic amines is 1. The first-order valence-corrected chi connectivity index (χ1v) is 2.50. The fourth-order valence-corrected chi connectivity index (χ4v) is 0.507. The number of nitrogens with one attached hydrogen (secondary N) is 1. The van der Waals surface area contributed by atoms with Crippen molar-refractivity contribution >= 4 is 17.2 Å². The fourth-order valence-electron chi connectivity index (χ4n) is 0.393. The van der Waals surface area contributed by atoms with E-state index in [-0.39, 0.29) is 0 Å². The second-order valence-corrected chi connectivity index (χ2v) is 1.77. The summed E-state index contributed by atoms with van der Waals surface area (Å²) in [5.74, 6) is 0. The molecule has 0 aliphatic rings. The molecule has 0 saturated carbocycles. The summed E-state index contributed by atoms with van der Waals surface area (Å²) >= 11 is 4.62. The standard InChI is InChI=1S/C4H5N3S/c5-4(8)3-1-2-6-7-3/h1-2H,(H2,5,8)(H,6,7). The summed E-state index contributed by atoms with van der Waals surface area (Å²) in [6.45, 7) is 0. The molecule has 0 aromatic carbocycles. The van der Waals surface area contributed by atoms with Crippen LogP contribution < -0.4 is 5.73 Å². The molecule has 8 heavy (non-hydrogen) atoms. The van der Waals surface area contributed by atoms with Gasteiger partial charge in [-0.1, -0.05) is 12.2 Å².